The SMILES string of the molecule is CC(C)OCC(O)CSc1ccc(F)c(C(=O)O)c1. The molecule has 1 aromatic rings. The van der Waals surface area contributed by atoms with Gasteiger partial charge in [0.2, 0.25) is 0 Å². The summed E-state index contributed by atoms with van der Waals surface area (Å²) >= 11 is 1.26. The van der Waals surface area contributed by atoms with Crippen LogP contribution in [-0.2, 0) is 4.74 Å². The van der Waals surface area contributed by atoms with Gasteiger partial charge in [0.05, 0.1) is 24.4 Å². The number of thioether (sulfide) groups is 1. The summed E-state index contributed by atoms with van der Waals surface area (Å²) in [6.07, 6.45) is -0.602. The Morgan fingerprint density at radius 2 is 2.16 bits per heavy atom. The third-order valence-corrected chi connectivity index (χ3v) is 3.37. The van der Waals surface area contributed by atoms with E-state index in [-0.39, 0.29) is 18.3 Å². The molecule has 1 atom stereocenters. The van der Waals surface area contributed by atoms with Crippen LogP contribution in [0.2, 0.25) is 0 Å². The van der Waals surface area contributed by atoms with Gasteiger partial charge in [0.15, 0.2) is 0 Å². The number of aliphatic hydroxyl groups is 1. The quantitative estimate of drug-likeness (QED) is 0.754. The fourth-order valence-electron chi connectivity index (χ4n) is 1.30. The van der Waals surface area contributed by atoms with Crippen LogP contribution in [0.4, 0.5) is 4.39 Å². The maximum Gasteiger partial charge on any atom is 0.338 e. The van der Waals surface area contributed by atoms with Crippen molar-refractivity contribution in [2.24, 2.45) is 0 Å². The maximum atomic E-state index is 13.2. The average Bonchev–Trinajstić information content (AvgIpc) is 2.35. The molecule has 0 amide bonds. The van der Waals surface area contributed by atoms with Crippen LogP contribution in [0.3, 0.4) is 0 Å². The first kappa shape index (κ1) is 15.9. The summed E-state index contributed by atoms with van der Waals surface area (Å²) in [4.78, 5) is 11.4. The van der Waals surface area contributed by atoms with Crippen molar-refractivity contribution < 1.29 is 24.1 Å². The highest BCUT2D eigenvalue weighted by atomic mass is 32.2. The smallest absolute Gasteiger partial charge is 0.338 e. The second-order valence-corrected chi connectivity index (χ2v) is 5.39. The van der Waals surface area contributed by atoms with E-state index in [0.717, 1.165) is 6.07 Å². The van der Waals surface area contributed by atoms with Crippen LogP contribution in [0.15, 0.2) is 23.1 Å². The van der Waals surface area contributed by atoms with E-state index in [2.05, 4.69) is 0 Å². The Kier molecular flexibility index (Phi) is 6.27. The van der Waals surface area contributed by atoms with Crippen molar-refractivity contribution in [2.75, 3.05) is 12.4 Å². The number of carboxylic acids is 1. The summed E-state index contributed by atoms with van der Waals surface area (Å²) in [6.45, 7) is 3.97. The average molecular weight is 288 g/mol. The van der Waals surface area contributed by atoms with Crippen molar-refractivity contribution in [1.29, 1.82) is 0 Å². The largest absolute Gasteiger partial charge is 0.478 e. The van der Waals surface area contributed by atoms with Gasteiger partial charge in [0, 0.05) is 10.6 Å². The molecule has 4 nitrogen and oxygen atoms in total. The molecule has 19 heavy (non-hydrogen) atoms. The molecule has 0 radical (unpaired) electrons. The van der Waals surface area contributed by atoms with E-state index in [4.69, 9.17) is 9.84 Å². The Balaban J connectivity index is 2.54. The van der Waals surface area contributed by atoms with Gasteiger partial charge in [-0.25, -0.2) is 9.18 Å². The fraction of sp³-hybridized carbons (Fsp3) is 0.462. The van der Waals surface area contributed by atoms with Crippen molar-refractivity contribution in [2.45, 2.75) is 31.0 Å². The number of carboxylic acid groups (broad SMARTS) is 1. The molecule has 1 rings (SSSR count). The minimum Gasteiger partial charge on any atom is -0.478 e. The summed E-state index contributed by atoms with van der Waals surface area (Å²) in [7, 11) is 0. The Hall–Kier alpha value is -1.11. The molecule has 0 saturated heterocycles. The lowest BCUT2D eigenvalue weighted by molar-refractivity contribution is 0.0152. The van der Waals surface area contributed by atoms with Gasteiger partial charge in [-0.2, -0.15) is 0 Å². The Bertz CT molecular complexity index is 437. The molecule has 1 unspecified atom stereocenters. The molecule has 0 spiro atoms. The first-order valence-electron chi connectivity index (χ1n) is 5.85. The standard InChI is InChI=1S/C13H17FO4S/c1-8(2)18-6-9(15)7-19-10-3-4-12(14)11(5-10)13(16)17/h3-5,8-9,15H,6-7H2,1-2H3,(H,16,17). The predicted molar refractivity (Wildman–Crippen MR) is 71.2 cm³/mol. The third kappa shape index (κ3) is 5.59. The number of benzene rings is 1. The van der Waals surface area contributed by atoms with Gasteiger partial charge in [0.1, 0.15) is 5.82 Å². The highest BCUT2D eigenvalue weighted by molar-refractivity contribution is 7.99. The van der Waals surface area contributed by atoms with E-state index in [1.165, 1.54) is 23.9 Å². The van der Waals surface area contributed by atoms with Gasteiger partial charge in [-0.15, -0.1) is 11.8 Å². The van der Waals surface area contributed by atoms with E-state index in [0.29, 0.717) is 10.6 Å². The normalized spacial score (nSPS) is 12.7. The van der Waals surface area contributed by atoms with Gasteiger partial charge in [0.25, 0.3) is 0 Å². The van der Waals surface area contributed by atoms with E-state index in [9.17, 15) is 14.3 Å². The van der Waals surface area contributed by atoms with Crippen LogP contribution in [-0.4, -0.2) is 40.8 Å². The fourth-order valence-corrected chi connectivity index (χ4v) is 2.15. The zero-order valence-electron chi connectivity index (χ0n) is 10.8. The minimum absolute atomic E-state index is 0.0454. The highest BCUT2D eigenvalue weighted by Crippen LogP contribution is 2.22. The van der Waals surface area contributed by atoms with Crippen LogP contribution in [0, 0.1) is 5.82 Å². The van der Waals surface area contributed by atoms with Crippen molar-refractivity contribution >= 4 is 17.7 Å². The van der Waals surface area contributed by atoms with Crippen molar-refractivity contribution in [1.82, 2.24) is 0 Å². The maximum absolute atomic E-state index is 13.2. The molecule has 0 fully saturated rings. The Morgan fingerprint density at radius 3 is 2.74 bits per heavy atom. The lowest BCUT2D eigenvalue weighted by Crippen LogP contribution is -2.20. The zero-order valence-corrected chi connectivity index (χ0v) is 11.6. The molecule has 2 N–H and O–H groups in total. The first-order valence-corrected chi connectivity index (χ1v) is 6.84. The molecule has 0 aliphatic heterocycles. The summed E-state index contributed by atoms with van der Waals surface area (Å²) in [5.41, 5.74) is -0.363. The molecule has 0 aromatic heterocycles. The number of aliphatic hydroxyl groups excluding tert-OH is 1. The number of hydrogen-bond donors (Lipinski definition) is 2. The second kappa shape index (κ2) is 7.47. The molecule has 0 aliphatic carbocycles. The van der Waals surface area contributed by atoms with Crippen molar-refractivity contribution in [3.63, 3.8) is 0 Å². The lowest BCUT2D eigenvalue weighted by Gasteiger charge is -2.13. The van der Waals surface area contributed by atoms with E-state index < -0.39 is 17.9 Å². The number of ether oxygens (including phenoxy) is 1. The van der Waals surface area contributed by atoms with E-state index in [1.54, 1.807) is 0 Å². The topological polar surface area (TPSA) is 66.8 Å². The van der Waals surface area contributed by atoms with E-state index in [1.807, 2.05) is 13.8 Å². The molecular weight excluding hydrogens is 271 g/mol. The summed E-state index contributed by atoms with van der Waals surface area (Å²) < 4.78 is 18.4. The number of rotatable bonds is 7. The lowest BCUT2D eigenvalue weighted by atomic mass is 10.2. The summed E-state index contributed by atoms with van der Waals surface area (Å²) in [6, 6.07) is 3.86. The molecule has 1 aromatic carbocycles. The molecular formula is C13H17FO4S. The van der Waals surface area contributed by atoms with Gasteiger partial charge in [-0.05, 0) is 32.0 Å². The van der Waals surface area contributed by atoms with Gasteiger partial charge < -0.3 is 14.9 Å². The van der Waals surface area contributed by atoms with Crippen molar-refractivity contribution in [3.8, 4) is 0 Å². The number of carbonyl (C=O) groups is 1. The van der Waals surface area contributed by atoms with E-state index >= 15 is 0 Å². The minimum atomic E-state index is -1.30. The van der Waals surface area contributed by atoms with Gasteiger partial charge in [-0.3, -0.25) is 0 Å². The number of aromatic carboxylic acids is 1. The number of hydrogen-bond acceptors (Lipinski definition) is 4. The van der Waals surface area contributed by atoms with Gasteiger partial charge >= 0.3 is 5.97 Å². The predicted octanol–water partition coefficient (Wildman–Crippen LogP) is 2.40. The Labute approximate surface area is 115 Å². The first-order chi connectivity index (χ1) is 8.90. The summed E-state index contributed by atoms with van der Waals surface area (Å²) in [5, 5.41) is 18.5. The van der Waals surface area contributed by atoms with Crippen LogP contribution < -0.4 is 0 Å². The molecule has 0 heterocycles. The van der Waals surface area contributed by atoms with Crippen molar-refractivity contribution in [3.05, 3.63) is 29.6 Å². The van der Waals surface area contributed by atoms with Crippen LogP contribution in [0.1, 0.15) is 24.2 Å². The highest BCUT2D eigenvalue weighted by Gasteiger charge is 2.12. The van der Waals surface area contributed by atoms with Crippen LogP contribution >= 0.6 is 11.8 Å². The zero-order chi connectivity index (χ0) is 14.4. The van der Waals surface area contributed by atoms with Gasteiger partial charge in [-0.1, -0.05) is 0 Å². The molecule has 6 heteroatoms. The molecule has 106 valence electrons. The summed E-state index contributed by atoms with van der Waals surface area (Å²) in [5.74, 6) is -1.71. The van der Waals surface area contributed by atoms with Crippen LogP contribution in [0.25, 0.3) is 0 Å². The molecule has 0 saturated carbocycles. The van der Waals surface area contributed by atoms with Crippen LogP contribution in [0.5, 0.6) is 0 Å². The second-order valence-electron chi connectivity index (χ2n) is 4.29. The Morgan fingerprint density at radius 1 is 1.47 bits per heavy atom. The molecule has 0 bridgehead atoms. The third-order valence-electron chi connectivity index (χ3n) is 2.23. The number of halogens is 1. The monoisotopic (exact) mass is 288 g/mol. The molecule has 0 aliphatic rings.